The van der Waals surface area contributed by atoms with Crippen LogP contribution in [0.4, 0.5) is 4.39 Å². The van der Waals surface area contributed by atoms with E-state index < -0.39 is 11.4 Å². The second kappa shape index (κ2) is 4.88. The molecule has 0 fully saturated rings. The highest BCUT2D eigenvalue weighted by atomic mass is 35.5. The fraction of sp³-hybridized carbons (Fsp3) is 0.455. The molecule has 1 rings (SSSR count). The Labute approximate surface area is 104 Å². The molecule has 0 saturated heterocycles. The van der Waals surface area contributed by atoms with Gasteiger partial charge < -0.3 is 10.8 Å². The Bertz CT molecular complexity index is 396. The van der Waals surface area contributed by atoms with Gasteiger partial charge in [-0.2, -0.15) is 0 Å². The lowest BCUT2D eigenvalue weighted by atomic mass is 9.84. The van der Waals surface area contributed by atoms with Crippen LogP contribution >= 0.6 is 23.2 Å². The second-order valence-electron chi connectivity index (χ2n) is 4.03. The summed E-state index contributed by atoms with van der Waals surface area (Å²) < 4.78 is 13.3. The van der Waals surface area contributed by atoms with Crippen molar-refractivity contribution in [2.24, 2.45) is 11.7 Å². The molecule has 90 valence electrons. The molecule has 0 aliphatic rings. The molecule has 0 aliphatic carbocycles. The summed E-state index contributed by atoms with van der Waals surface area (Å²) in [6.07, 6.45) is 0. The van der Waals surface area contributed by atoms with Gasteiger partial charge in [0, 0.05) is 16.5 Å². The molecular formula is C11H14Cl2FNO. The van der Waals surface area contributed by atoms with Gasteiger partial charge in [-0.1, -0.05) is 30.1 Å². The minimum Gasteiger partial charge on any atom is -0.385 e. The van der Waals surface area contributed by atoms with Crippen molar-refractivity contribution in [1.29, 1.82) is 0 Å². The maximum atomic E-state index is 13.3. The Kier molecular flexibility index (Phi) is 4.18. The molecule has 0 heterocycles. The summed E-state index contributed by atoms with van der Waals surface area (Å²) >= 11 is 11.5. The van der Waals surface area contributed by atoms with Gasteiger partial charge in [-0.3, -0.25) is 0 Å². The summed E-state index contributed by atoms with van der Waals surface area (Å²) in [5.74, 6) is -0.851. The first-order valence-corrected chi connectivity index (χ1v) is 5.63. The molecular weight excluding hydrogens is 252 g/mol. The zero-order chi connectivity index (χ0) is 12.5. The molecule has 0 amide bonds. The van der Waals surface area contributed by atoms with E-state index >= 15 is 0 Å². The molecule has 3 N–H and O–H groups in total. The Morgan fingerprint density at radius 3 is 2.50 bits per heavy atom. The van der Waals surface area contributed by atoms with E-state index in [9.17, 15) is 9.50 Å². The Hall–Kier alpha value is -0.350. The normalized spacial score (nSPS) is 16.9. The highest BCUT2D eigenvalue weighted by molar-refractivity contribution is 6.35. The summed E-state index contributed by atoms with van der Waals surface area (Å²) in [6, 6.07) is 2.43. The van der Waals surface area contributed by atoms with Crippen LogP contribution in [0.5, 0.6) is 0 Å². The Balaban J connectivity index is 3.27. The number of halogens is 3. The summed E-state index contributed by atoms with van der Waals surface area (Å²) in [7, 11) is 0. The molecule has 2 unspecified atom stereocenters. The van der Waals surface area contributed by atoms with E-state index in [1.54, 1.807) is 13.8 Å². The average Bonchev–Trinajstić information content (AvgIpc) is 2.21. The standard InChI is InChI=1S/C11H14Cl2FNO/c1-6(5-15)11(2,16)7-3-10(14)9(13)4-8(7)12/h3-4,6,16H,5,15H2,1-2H3. The summed E-state index contributed by atoms with van der Waals surface area (Å²) in [6.45, 7) is 3.59. The smallest absolute Gasteiger partial charge is 0.142 e. The van der Waals surface area contributed by atoms with Crippen LogP contribution in [0.1, 0.15) is 19.4 Å². The van der Waals surface area contributed by atoms with E-state index in [-0.39, 0.29) is 22.5 Å². The number of nitrogens with two attached hydrogens (primary N) is 1. The van der Waals surface area contributed by atoms with Crippen molar-refractivity contribution in [2.45, 2.75) is 19.4 Å². The van der Waals surface area contributed by atoms with Crippen molar-refractivity contribution in [2.75, 3.05) is 6.54 Å². The van der Waals surface area contributed by atoms with Crippen LogP contribution in [0.25, 0.3) is 0 Å². The minimum absolute atomic E-state index is 0.0649. The van der Waals surface area contributed by atoms with Crippen LogP contribution in [0.3, 0.4) is 0 Å². The summed E-state index contributed by atoms with van der Waals surface area (Å²) in [5.41, 5.74) is 4.51. The van der Waals surface area contributed by atoms with Gasteiger partial charge in [-0.25, -0.2) is 4.39 Å². The number of hydrogen-bond donors (Lipinski definition) is 2. The molecule has 2 atom stereocenters. The van der Waals surface area contributed by atoms with Crippen LogP contribution in [-0.2, 0) is 5.60 Å². The lowest BCUT2D eigenvalue weighted by molar-refractivity contribution is 0.00504. The highest BCUT2D eigenvalue weighted by Gasteiger charge is 2.32. The quantitative estimate of drug-likeness (QED) is 0.826. The third-order valence-corrected chi connectivity index (χ3v) is 3.47. The molecule has 0 bridgehead atoms. The van der Waals surface area contributed by atoms with Crippen LogP contribution in [0, 0.1) is 11.7 Å². The van der Waals surface area contributed by atoms with Crippen molar-refractivity contribution >= 4 is 23.2 Å². The molecule has 1 aromatic carbocycles. The first-order valence-electron chi connectivity index (χ1n) is 4.88. The zero-order valence-corrected chi connectivity index (χ0v) is 10.6. The number of aliphatic hydroxyl groups is 1. The van der Waals surface area contributed by atoms with Crippen LogP contribution < -0.4 is 5.73 Å². The van der Waals surface area contributed by atoms with E-state index in [0.717, 1.165) is 6.07 Å². The maximum absolute atomic E-state index is 13.3. The highest BCUT2D eigenvalue weighted by Crippen LogP contribution is 2.36. The molecule has 1 aromatic rings. The first-order chi connectivity index (χ1) is 7.30. The lowest BCUT2D eigenvalue weighted by Crippen LogP contribution is -2.35. The summed E-state index contributed by atoms with van der Waals surface area (Å²) in [4.78, 5) is 0. The van der Waals surface area contributed by atoms with Gasteiger partial charge in [0.05, 0.1) is 10.6 Å². The van der Waals surface area contributed by atoms with E-state index in [4.69, 9.17) is 28.9 Å². The topological polar surface area (TPSA) is 46.2 Å². The fourth-order valence-corrected chi connectivity index (χ4v) is 1.98. The summed E-state index contributed by atoms with van der Waals surface area (Å²) in [5, 5.41) is 10.4. The third kappa shape index (κ3) is 2.48. The van der Waals surface area contributed by atoms with Crippen molar-refractivity contribution in [3.63, 3.8) is 0 Å². The average molecular weight is 266 g/mol. The fourth-order valence-electron chi connectivity index (χ4n) is 1.41. The third-order valence-electron chi connectivity index (χ3n) is 2.87. The van der Waals surface area contributed by atoms with E-state index in [0.29, 0.717) is 5.56 Å². The van der Waals surface area contributed by atoms with E-state index in [1.165, 1.54) is 6.07 Å². The molecule has 2 nitrogen and oxygen atoms in total. The van der Waals surface area contributed by atoms with Crippen molar-refractivity contribution in [3.8, 4) is 0 Å². The van der Waals surface area contributed by atoms with Gasteiger partial charge in [0.25, 0.3) is 0 Å². The number of rotatable bonds is 3. The Morgan fingerprint density at radius 2 is 2.00 bits per heavy atom. The largest absolute Gasteiger partial charge is 0.385 e. The molecule has 0 aromatic heterocycles. The van der Waals surface area contributed by atoms with Gasteiger partial charge in [-0.15, -0.1) is 0 Å². The van der Waals surface area contributed by atoms with Crippen molar-refractivity contribution in [1.82, 2.24) is 0 Å². The van der Waals surface area contributed by atoms with Gasteiger partial charge >= 0.3 is 0 Å². The van der Waals surface area contributed by atoms with E-state index in [1.807, 2.05) is 0 Å². The van der Waals surface area contributed by atoms with Crippen molar-refractivity contribution < 1.29 is 9.50 Å². The SMILES string of the molecule is CC(CN)C(C)(O)c1cc(F)c(Cl)cc1Cl. The van der Waals surface area contributed by atoms with Crippen LogP contribution in [-0.4, -0.2) is 11.7 Å². The van der Waals surface area contributed by atoms with E-state index in [2.05, 4.69) is 0 Å². The lowest BCUT2D eigenvalue weighted by Gasteiger charge is -2.30. The monoisotopic (exact) mass is 265 g/mol. The number of benzene rings is 1. The molecule has 16 heavy (non-hydrogen) atoms. The molecule has 0 spiro atoms. The predicted molar refractivity (Wildman–Crippen MR) is 64.2 cm³/mol. The van der Waals surface area contributed by atoms with Gasteiger partial charge in [-0.05, 0) is 25.6 Å². The molecule has 0 radical (unpaired) electrons. The zero-order valence-electron chi connectivity index (χ0n) is 9.10. The molecule has 0 saturated carbocycles. The van der Waals surface area contributed by atoms with Crippen LogP contribution in [0.2, 0.25) is 10.0 Å². The van der Waals surface area contributed by atoms with Gasteiger partial charge in [0.15, 0.2) is 0 Å². The first kappa shape index (κ1) is 13.7. The van der Waals surface area contributed by atoms with Gasteiger partial charge in [0.2, 0.25) is 0 Å². The molecule has 0 aliphatic heterocycles. The Morgan fingerprint density at radius 1 is 1.44 bits per heavy atom. The second-order valence-corrected chi connectivity index (χ2v) is 4.84. The maximum Gasteiger partial charge on any atom is 0.142 e. The van der Waals surface area contributed by atoms with Crippen LogP contribution in [0.15, 0.2) is 12.1 Å². The predicted octanol–water partition coefficient (Wildman–Crippen LogP) is 2.93. The van der Waals surface area contributed by atoms with Crippen molar-refractivity contribution in [3.05, 3.63) is 33.6 Å². The molecule has 5 heteroatoms. The minimum atomic E-state index is -1.28. The number of hydrogen-bond acceptors (Lipinski definition) is 2. The van der Waals surface area contributed by atoms with Gasteiger partial charge in [0.1, 0.15) is 5.82 Å².